The van der Waals surface area contributed by atoms with E-state index in [1.54, 1.807) is 0 Å². The number of anilines is 1. The fourth-order valence-electron chi connectivity index (χ4n) is 4.03. The molecule has 0 aliphatic heterocycles. The van der Waals surface area contributed by atoms with Gasteiger partial charge in [-0.2, -0.15) is 0 Å². The van der Waals surface area contributed by atoms with Gasteiger partial charge in [-0.3, -0.25) is 9.00 Å². The Morgan fingerprint density at radius 3 is 2.26 bits per heavy atom. The first kappa shape index (κ1) is 27.9. The maximum atomic E-state index is 12.7. The molecule has 0 radical (unpaired) electrons. The van der Waals surface area contributed by atoms with Crippen molar-refractivity contribution >= 4 is 44.1 Å². The number of aryl methyl sites for hydroxylation is 2. The number of thiophene rings is 1. The number of carboxylic acid groups (broad SMARTS) is 1. The molecule has 2 aromatic heterocycles. The molecule has 4 rings (SSSR count). The van der Waals surface area contributed by atoms with E-state index in [1.807, 2.05) is 0 Å². The number of hydrogen-bond acceptors (Lipinski definition) is 8. The van der Waals surface area contributed by atoms with Crippen LogP contribution >= 0.6 is 11.3 Å². The smallest absolute Gasteiger partial charge is 0.481 e. The molecule has 2 heterocycles. The van der Waals surface area contributed by atoms with E-state index in [0.29, 0.717) is 16.3 Å². The van der Waals surface area contributed by atoms with Crippen molar-refractivity contribution in [2.24, 2.45) is 0 Å². The number of carbonyl (C=O) groups is 1. The number of benzene rings is 1. The second-order valence-corrected chi connectivity index (χ2v) is 10.8. The summed E-state index contributed by atoms with van der Waals surface area (Å²) in [6.07, 6.45) is -6.86. The van der Waals surface area contributed by atoms with Crippen LogP contribution in [0.5, 0.6) is 11.5 Å². The van der Waals surface area contributed by atoms with Gasteiger partial charge in [0.2, 0.25) is 0 Å². The highest BCUT2D eigenvalue weighted by atomic mass is 32.2. The first-order chi connectivity index (χ1) is 17.8. The zero-order chi connectivity index (χ0) is 27.7. The Balaban J connectivity index is 1.68. The van der Waals surface area contributed by atoms with E-state index < -0.39 is 46.7 Å². The van der Waals surface area contributed by atoms with Crippen LogP contribution in [0.25, 0.3) is 10.2 Å². The van der Waals surface area contributed by atoms with Crippen molar-refractivity contribution in [3.63, 3.8) is 0 Å². The Morgan fingerprint density at radius 1 is 1.03 bits per heavy atom. The first-order valence-electron chi connectivity index (χ1n) is 11.0. The van der Waals surface area contributed by atoms with Gasteiger partial charge in [-0.05, 0) is 48.9 Å². The Morgan fingerprint density at radius 2 is 1.66 bits per heavy atom. The van der Waals surface area contributed by atoms with Crippen LogP contribution in [0, 0.1) is 0 Å². The van der Waals surface area contributed by atoms with Crippen LogP contribution in [0.1, 0.15) is 34.7 Å². The molecule has 1 aliphatic carbocycles. The molecule has 0 bridgehead atoms. The zero-order valence-electron chi connectivity index (χ0n) is 19.2. The predicted octanol–water partition coefficient (Wildman–Crippen LogP) is 5.31. The summed E-state index contributed by atoms with van der Waals surface area (Å²) < 4.78 is 96.2. The second kappa shape index (κ2) is 10.9. The topological polar surface area (TPSA) is 111 Å². The molecule has 2 N–H and O–H groups in total. The predicted molar refractivity (Wildman–Crippen MR) is 126 cm³/mol. The van der Waals surface area contributed by atoms with E-state index in [9.17, 15) is 35.3 Å². The molecular formula is C22H19F6N3O5S2. The van der Waals surface area contributed by atoms with Crippen LogP contribution in [0.4, 0.5) is 32.2 Å². The lowest BCUT2D eigenvalue weighted by atomic mass is 9.97. The molecule has 0 saturated carbocycles. The molecule has 206 valence electrons. The Kier molecular flexibility index (Phi) is 8.01. The summed E-state index contributed by atoms with van der Waals surface area (Å²) in [4.78, 5) is 21.4. The van der Waals surface area contributed by atoms with Gasteiger partial charge >= 0.3 is 18.7 Å². The van der Waals surface area contributed by atoms with E-state index in [0.717, 1.165) is 48.3 Å². The number of aliphatic carboxylic acids is 1. The number of alkyl halides is 6. The van der Waals surface area contributed by atoms with Crippen molar-refractivity contribution in [2.75, 3.05) is 11.1 Å². The van der Waals surface area contributed by atoms with Gasteiger partial charge in [0.1, 0.15) is 33.7 Å². The van der Waals surface area contributed by atoms with E-state index >= 15 is 0 Å². The third-order valence-corrected chi connectivity index (χ3v) is 7.64. The number of hydrogen-bond donors (Lipinski definition) is 2. The molecule has 0 fully saturated rings. The normalized spacial score (nSPS) is 14.7. The molecule has 0 saturated heterocycles. The molecule has 1 aliphatic rings. The van der Waals surface area contributed by atoms with Crippen LogP contribution in [-0.2, 0) is 40.7 Å². The van der Waals surface area contributed by atoms with Gasteiger partial charge in [-0.25, -0.2) is 9.97 Å². The SMILES string of the molecule is O=C(O)CS(=O)Cc1nc(NCc2cc(OC(F)(F)F)cc(OC(F)(F)F)c2)c2c3c(sc2n1)CCCC3. The number of nitrogens with zero attached hydrogens (tertiary/aromatic N) is 2. The van der Waals surface area contributed by atoms with Gasteiger partial charge in [0.15, 0.2) is 0 Å². The molecule has 8 nitrogen and oxygen atoms in total. The minimum absolute atomic E-state index is 0.0298. The largest absolute Gasteiger partial charge is 0.573 e. The number of ether oxygens (including phenoxy) is 2. The summed E-state index contributed by atoms with van der Waals surface area (Å²) in [5.41, 5.74) is 0.963. The van der Waals surface area contributed by atoms with Crippen molar-refractivity contribution in [3.05, 3.63) is 40.0 Å². The zero-order valence-corrected chi connectivity index (χ0v) is 20.9. The minimum atomic E-state index is -5.14. The molecule has 1 atom stereocenters. The van der Waals surface area contributed by atoms with Gasteiger partial charge in [0.25, 0.3) is 0 Å². The third-order valence-electron chi connectivity index (χ3n) is 5.30. The van der Waals surface area contributed by atoms with E-state index in [4.69, 9.17) is 5.11 Å². The van der Waals surface area contributed by atoms with E-state index in [2.05, 4.69) is 24.8 Å². The lowest BCUT2D eigenvalue weighted by Gasteiger charge is -2.16. The van der Waals surface area contributed by atoms with Crippen molar-refractivity contribution in [3.8, 4) is 11.5 Å². The van der Waals surface area contributed by atoms with E-state index in [-0.39, 0.29) is 29.5 Å². The molecule has 16 heteroatoms. The standard InChI is InChI=1S/C22H19F6N3O5S2/c23-21(24,25)35-12-5-11(6-13(7-12)36-22(26,27)28)8-29-19-18-14-3-1-2-4-15(14)37-20(18)31-16(30-19)9-38(34)10-17(32)33/h5-7H,1-4,8-10H2,(H,32,33)(H,29,30,31). The summed E-state index contributed by atoms with van der Waals surface area (Å²) in [5, 5.41) is 12.5. The van der Waals surface area contributed by atoms with Gasteiger partial charge in [0, 0.05) is 28.3 Å². The highest BCUT2D eigenvalue weighted by Gasteiger charge is 2.34. The Labute approximate surface area is 217 Å². The third kappa shape index (κ3) is 7.46. The summed E-state index contributed by atoms with van der Waals surface area (Å²) in [5.74, 6) is -3.59. The molecule has 0 spiro atoms. The fourth-order valence-corrected chi connectivity index (χ4v) is 6.11. The van der Waals surface area contributed by atoms with Crippen molar-refractivity contribution in [2.45, 2.75) is 50.7 Å². The van der Waals surface area contributed by atoms with Crippen LogP contribution in [0.15, 0.2) is 18.2 Å². The minimum Gasteiger partial charge on any atom is -0.481 e. The Hall–Kier alpha value is -3.14. The summed E-state index contributed by atoms with van der Waals surface area (Å²) >= 11 is 1.41. The molecule has 0 amide bonds. The van der Waals surface area contributed by atoms with Crippen molar-refractivity contribution < 1.29 is 49.9 Å². The number of fused-ring (bicyclic) bond motifs is 3. The quantitative estimate of drug-likeness (QED) is 0.326. The number of rotatable bonds is 9. The van der Waals surface area contributed by atoms with Crippen LogP contribution < -0.4 is 14.8 Å². The maximum Gasteiger partial charge on any atom is 0.573 e. The Bertz CT molecular complexity index is 1340. The van der Waals surface area contributed by atoms with Crippen molar-refractivity contribution in [1.82, 2.24) is 9.97 Å². The first-order valence-corrected chi connectivity index (χ1v) is 13.3. The number of nitrogens with one attached hydrogen (secondary N) is 1. The second-order valence-electron chi connectivity index (χ2n) is 8.26. The van der Waals surface area contributed by atoms with Crippen LogP contribution in [-0.4, -0.2) is 43.7 Å². The van der Waals surface area contributed by atoms with Crippen LogP contribution in [0.2, 0.25) is 0 Å². The van der Waals surface area contributed by atoms with Gasteiger partial charge in [-0.15, -0.1) is 37.7 Å². The number of aromatic nitrogens is 2. The molecule has 1 aromatic carbocycles. The fraction of sp³-hybridized carbons (Fsp3) is 0.409. The van der Waals surface area contributed by atoms with Crippen LogP contribution in [0.3, 0.4) is 0 Å². The molecule has 38 heavy (non-hydrogen) atoms. The summed E-state index contributed by atoms with van der Waals surface area (Å²) in [6.45, 7) is -0.266. The molecular weight excluding hydrogens is 564 g/mol. The average Bonchev–Trinajstić information content (AvgIpc) is 3.12. The highest BCUT2D eigenvalue weighted by molar-refractivity contribution is 7.84. The molecule has 1 unspecified atom stereocenters. The number of carboxylic acids is 1. The summed E-state index contributed by atoms with van der Waals surface area (Å²) in [6, 6.07) is 2.29. The van der Waals surface area contributed by atoms with Gasteiger partial charge in [-0.1, -0.05) is 0 Å². The average molecular weight is 584 g/mol. The lowest BCUT2D eigenvalue weighted by molar-refractivity contribution is -0.276. The van der Waals surface area contributed by atoms with Crippen molar-refractivity contribution in [1.29, 1.82) is 0 Å². The monoisotopic (exact) mass is 583 g/mol. The van der Waals surface area contributed by atoms with Gasteiger partial charge in [0.05, 0.1) is 11.1 Å². The molecule has 3 aromatic rings. The highest BCUT2D eigenvalue weighted by Crippen LogP contribution is 2.39. The maximum absolute atomic E-state index is 12.7. The van der Waals surface area contributed by atoms with E-state index in [1.165, 1.54) is 11.3 Å². The summed E-state index contributed by atoms with van der Waals surface area (Å²) in [7, 11) is -1.80. The lowest BCUT2D eigenvalue weighted by Crippen LogP contribution is -2.19. The number of halogens is 6. The van der Waals surface area contributed by atoms with Gasteiger partial charge < -0.3 is 19.9 Å².